The number of hydrogen-bond acceptors (Lipinski definition) is 0. The fraction of sp³-hybridized carbons (Fsp3) is 0.250. The van der Waals surface area contributed by atoms with Crippen molar-refractivity contribution in [2.24, 2.45) is 0 Å². The van der Waals surface area contributed by atoms with Crippen molar-refractivity contribution in [2.75, 3.05) is 0 Å². The smallest absolute Gasteiger partial charge is 0.0162 e. The third kappa shape index (κ3) is 2.09. The Morgan fingerprint density at radius 2 is 2.00 bits per heavy atom. The summed E-state index contributed by atoms with van der Waals surface area (Å²) in [5, 5.41) is 0. The average molecular weight is 262 g/mol. The summed E-state index contributed by atoms with van der Waals surface area (Å²) in [5.41, 5.74) is 1.51. The van der Waals surface area contributed by atoms with Gasteiger partial charge in [0.2, 0.25) is 0 Å². The Morgan fingerprint density at radius 3 is 2.60 bits per heavy atom. The maximum Gasteiger partial charge on any atom is 0.0162 e. The Morgan fingerprint density at radius 1 is 1.30 bits per heavy atom. The number of hydrogen-bond donors (Lipinski definition) is 0. The molecule has 1 rings (SSSR count). The molecule has 0 N–H and O–H groups in total. The van der Waals surface area contributed by atoms with Gasteiger partial charge in [-0.05, 0) is 40.6 Å². The molecule has 0 aliphatic heterocycles. The van der Waals surface area contributed by atoms with E-state index in [0.717, 1.165) is 0 Å². The van der Waals surface area contributed by atoms with Crippen molar-refractivity contribution in [3.63, 3.8) is 0 Å². The van der Waals surface area contributed by atoms with E-state index in [1.165, 1.54) is 31.8 Å². The first-order valence-electron chi connectivity index (χ1n) is 3.58. The standard InChI is InChI=1S/C8H11ISi/c9-8-4-2-1-3-7(8)5-6-10/h1-4H,5-6H2,10H3. The zero-order chi connectivity index (χ0) is 7.40. The van der Waals surface area contributed by atoms with Crippen molar-refractivity contribution in [2.45, 2.75) is 12.5 Å². The zero-order valence-corrected chi connectivity index (χ0v) is 10.3. The van der Waals surface area contributed by atoms with E-state index in [0.29, 0.717) is 0 Å². The van der Waals surface area contributed by atoms with Gasteiger partial charge >= 0.3 is 0 Å². The summed E-state index contributed by atoms with van der Waals surface area (Å²) in [6.07, 6.45) is 1.27. The summed E-state index contributed by atoms with van der Waals surface area (Å²) < 4.78 is 1.41. The second-order valence-electron chi connectivity index (χ2n) is 2.34. The first kappa shape index (κ1) is 8.27. The van der Waals surface area contributed by atoms with Crippen LogP contribution >= 0.6 is 22.6 Å². The molecule has 0 atom stereocenters. The number of halogens is 1. The van der Waals surface area contributed by atoms with Gasteiger partial charge in [0, 0.05) is 13.8 Å². The Kier molecular flexibility index (Phi) is 3.41. The molecule has 0 radical (unpaired) electrons. The molecule has 54 valence electrons. The molecule has 0 aliphatic rings. The van der Waals surface area contributed by atoms with Gasteiger partial charge in [0.25, 0.3) is 0 Å². The molecule has 0 spiro atoms. The lowest BCUT2D eigenvalue weighted by molar-refractivity contribution is 1.12. The van der Waals surface area contributed by atoms with Gasteiger partial charge in [-0.25, -0.2) is 0 Å². The quantitative estimate of drug-likeness (QED) is 0.561. The van der Waals surface area contributed by atoms with Gasteiger partial charge in [-0.3, -0.25) is 0 Å². The lowest BCUT2D eigenvalue weighted by Crippen LogP contribution is -1.86. The summed E-state index contributed by atoms with van der Waals surface area (Å²) in [5.74, 6) is 0. The van der Waals surface area contributed by atoms with Crippen LogP contribution in [0.3, 0.4) is 0 Å². The minimum Gasteiger partial charge on any atom is -0.0619 e. The average Bonchev–Trinajstić information content (AvgIpc) is 1.94. The highest BCUT2D eigenvalue weighted by Gasteiger charge is 1.93. The van der Waals surface area contributed by atoms with Crippen LogP contribution in [0.1, 0.15) is 5.56 Å². The van der Waals surface area contributed by atoms with E-state index in [1.54, 1.807) is 0 Å². The third-order valence-corrected chi connectivity index (χ3v) is 3.03. The molecular formula is C8H11ISi. The normalized spacial score (nSPS) is 10.1. The van der Waals surface area contributed by atoms with Crippen LogP contribution in [-0.4, -0.2) is 10.2 Å². The molecule has 1 aromatic carbocycles. The predicted molar refractivity (Wildman–Crippen MR) is 57.6 cm³/mol. The van der Waals surface area contributed by atoms with Crippen LogP contribution in [0.5, 0.6) is 0 Å². The van der Waals surface area contributed by atoms with Crippen LogP contribution in [0.4, 0.5) is 0 Å². The Labute approximate surface area is 78.6 Å². The van der Waals surface area contributed by atoms with Gasteiger partial charge in [0.15, 0.2) is 0 Å². The molecule has 0 fully saturated rings. The van der Waals surface area contributed by atoms with E-state index in [-0.39, 0.29) is 0 Å². The molecule has 0 bridgehead atoms. The second-order valence-corrected chi connectivity index (χ2v) is 4.50. The van der Waals surface area contributed by atoms with E-state index < -0.39 is 0 Å². The predicted octanol–water partition coefficient (Wildman–Crippen LogP) is 1.62. The summed E-state index contributed by atoms with van der Waals surface area (Å²) in [7, 11) is 1.32. The molecular weight excluding hydrogens is 251 g/mol. The monoisotopic (exact) mass is 262 g/mol. The van der Waals surface area contributed by atoms with Crippen LogP contribution in [0.15, 0.2) is 24.3 Å². The van der Waals surface area contributed by atoms with Crippen molar-refractivity contribution in [3.05, 3.63) is 33.4 Å². The minimum atomic E-state index is 1.27. The van der Waals surface area contributed by atoms with E-state index in [9.17, 15) is 0 Å². The fourth-order valence-corrected chi connectivity index (χ4v) is 2.17. The maximum absolute atomic E-state index is 2.40. The first-order chi connectivity index (χ1) is 4.84. The van der Waals surface area contributed by atoms with E-state index in [1.807, 2.05) is 0 Å². The highest BCUT2D eigenvalue weighted by atomic mass is 127. The van der Waals surface area contributed by atoms with Crippen LogP contribution in [0.2, 0.25) is 6.04 Å². The number of benzene rings is 1. The number of aryl methyl sites for hydroxylation is 1. The SMILES string of the molecule is [SiH3]CCc1ccccc1I. The highest BCUT2D eigenvalue weighted by Crippen LogP contribution is 2.12. The van der Waals surface area contributed by atoms with Gasteiger partial charge in [-0.15, -0.1) is 0 Å². The molecule has 0 saturated heterocycles. The zero-order valence-electron chi connectivity index (χ0n) is 6.10. The van der Waals surface area contributed by atoms with Crippen molar-refractivity contribution >= 4 is 32.8 Å². The van der Waals surface area contributed by atoms with E-state index in [4.69, 9.17) is 0 Å². The first-order valence-corrected chi connectivity index (χ1v) is 6.07. The van der Waals surface area contributed by atoms with Crippen LogP contribution in [-0.2, 0) is 6.42 Å². The van der Waals surface area contributed by atoms with Crippen LogP contribution in [0, 0.1) is 3.57 Å². The summed E-state index contributed by atoms with van der Waals surface area (Å²) in [6.45, 7) is 0. The Bertz CT molecular complexity index is 210. The van der Waals surface area contributed by atoms with Gasteiger partial charge < -0.3 is 0 Å². The molecule has 0 aromatic heterocycles. The fourth-order valence-electron chi connectivity index (χ4n) is 0.970. The molecule has 0 amide bonds. The Balaban J connectivity index is 2.81. The van der Waals surface area contributed by atoms with Crippen molar-refractivity contribution < 1.29 is 0 Å². The van der Waals surface area contributed by atoms with Gasteiger partial charge in [-0.2, -0.15) is 0 Å². The van der Waals surface area contributed by atoms with Gasteiger partial charge in [0.05, 0.1) is 0 Å². The lowest BCUT2D eigenvalue weighted by Gasteiger charge is -1.99. The molecule has 0 aliphatic carbocycles. The highest BCUT2D eigenvalue weighted by molar-refractivity contribution is 14.1. The number of rotatable bonds is 2. The minimum absolute atomic E-state index is 1.27. The Hall–Kier alpha value is 0.167. The van der Waals surface area contributed by atoms with Gasteiger partial charge in [0.1, 0.15) is 0 Å². The molecule has 0 saturated carbocycles. The summed E-state index contributed by atoms with van der Waals surface area (Å²) in [6, 6.07) is 9.99. The van der Waals surface area contributed by atoms with Crippen LogP contribution in [0.25, 0.3) is 0 Å². The maximum atomic E-state index is 2.40. The molecule has 0 heterocycles. The van der Waals surface area contributed by atoms with Gasteiger partial charge in [-0.1, -0.05) is 24.2 Å². The van der Waals surface area contributed by atoms with Crippen molar-refractivity contribution in [1.29, 1.82) is 0 Å². The van der Waals surface area contributed by atoms with E-state index in [2.05, 4.69) is 46.9 Å². The summed E-state index contributed by atoms with van der Waals surface area (Å²) >= 11 is 2.40. The second kappa shape index (κ2) is 4.13. The molecule has 0 nitrogen and oxygen atoms in total. The van der Waals surface area contributed by atoms with E-state index >= 15 is 0 Å². The topological polar surface area (TPSA) is 0 Å². The van der Waals surface area contributed by atoms with Crippen molar-refractivity contribution in [1.82, 2.24) is 0 Å². The lowest BCUT2D eigenvalue weighted by atomic mass is 10.2. The molecule has 10 heavy (non-hydrogen) atoms. The molecule has 1 aromatic rings. The molecule has 2 heteroatoms. The third-order valence-electron chi connectivity index (χ3n) is 1.48. The molecule has 0 unspecified atom stereocenters. The van der Waals surface area contributed by atoms with Crippen molar-refractivity contribution in [3.8, 4) is 0 Å². The largest absolute Gasteiger partial charge is 0.0619 e. The van der Waals surface area contributed by atoms with Crippen LogP contribution < -0.4 is 0 Å². The summed E-state index contributed by atoms with van der Waals surface area (Å²) in [4.78, 5) is 0.